The number of hydrogen-bond donors (Lipinski definition) is 2. The van der Waals surface area contributed by atoms with E-state index < -0.39 is 11.9 Å². The van der Waals surface area contributed by atoms with E-state index in [1.54, 1.807) is 0 Å². The zero-order chi connectivity index (χ0) is 28.7. The summed E-state index contributed by atoms with van der Waals surface area (Å²) in [5.41, 5.74) is 2.32. The molecule has 6 heteroatoms. The molecule has 0 unspecified atom stereocenters. The number of aliphatic carboxylic acids is 2. The topological polar surface area (TPSA) is 93.1 Å². The molecule has 40 heavy (non-hydrogen) atoms. The van der Waals surface area contributed by atoms with Gasteiger partial charge in [-0.15, -0.1) is 0 Å². The normalized spacial score (nSPS) is 10.9. The minimum Gasteiger partial charge on any atom is -0.494 e. The molecule has 0 spiro atoms. The maximum Gasteiger partial charge on any atom is 0.303 e. The Morgan fingerprint density at radius 1 is 0.425 bits per heavy atom. The average Bonchev–Trinajstić information content (AvgIpc) is 2.95. The molecule has 0 amide bonds. The molecule has 0 atom stereocenters. The van der Waals surface area contributed by atoms with Crippen molar-refractivity contribution in [1.82, 2.24) is 0 Å². The lowest BCUT2D eigenvalue weighted by Gasteiger charge is -2.09. The summed E-state index contributed by atoms with van der Waals surface area (Å²) < 4.78 is 11.8. The van der Waals surface area contributed by atoms with Crippen LogP contribution in [0.4, 0.5) is 0 Å². The Kier molecular flexibility index (Phi) is 18.1. The Hall–Kier alpha value is -3.02. The first-order valence-electron chi connectivity index (χ1n) is 15.4. The smallest absolute Gasteiger partial charge is 0.303 e. The van der Waals surface area contributed by atoms with Gasteiger partial charge in [0, 0.05) is 12.8 Å². The second kappa shape index (κ2) is 21.8. The summed E-state index contributed by atoms with van der Waals surface area (Å²) in [7, 11) is 0. The third-order valence-electron chi connectivity index (χ3n) is 7.15. The molecule has 0 aliphatic rings. The van der Waals surface area contributed by atoms with Crippen LogP contribution in [-0.4, -0.2) is 35.4 Å². The van der Waals surface area contributed by atoms with Gasteiger partial charge in [0.1, 0.15) is 11.5 Å². The summed E-state index contributed by atoms with van der Waals surface area (Å²) >= 11 is 0. The predicted octanol–water partition coefficient (Wildman–Crippen LogP) is 9.30. The summed E-state index contributed by atoms with van der Waals surface area (Å²) in [6, 6.07) is 16.5. The number of unbranched alkanes of at least 4 members (excludes halogenated alkanes) is 14. The van der Waals surface area contributed by atoms with Gasteiger partial charge in [0.05, 0.1) is 13.2 Å². The highest BCUT2D eigenvalue weighted by atomic mass is 16.5. The Morgan fingerprint density at radius 2 is 0.700 bits per heavy atom. The van der Waals surface area contributed by atoms with Gasteiger partial charge in [-0.2, -0.15) is 0 Å². The van der Waals surface area contributed by atoms with Crippen LogP contribution < -0.4 is 9.47 Å². The quantitative estimate of drug-likeness (QED) is 0.119. The lowest BCUT2D eigenvalue weighted by Crippen LogP contribution is -1.97. The first-order chi connectivity index (χ1) is 19.5. The van der Waals surface area contributed by atoms with Crippen molar-refractivity contribution in [3.63, 3.8) is 0 Å². The summed E-state index contributed by atoms with van der Waals surface area (Å²) in [6.07, 6.45) is 18.2. The van der Waals surface area contributed by atoms with Gasteiger partial charge in [-0.25, -0.2) is 0 Å². The number of carbonyl (C=O) groups is 2. The molecule has 0 fully saturated rings. The van der Waals surface area contributed by atoms with E-state index in [9.17, 15) is 9.59 Å². The van der Waals surface area contributed by atoms with Crippen molar-refractivity contribution in [1.29, 1.82) is 0 Å². The van der Waals surface area contributed by atoms with E-state index in [4.69, 9.17) is 19.7 Å². The Labute approximate surface area is 241 Å². The standard InChI is InChI=1S/C34H50O6/c35-33(36)17-13-9-5-1-3-7-11-15-27-39-31-23-19-29(20-24-31)30-21-25-32(26-22-30)40-28-16-12-8-4-2-6-10-14-18-34(37)38/h19-26H,1-18,27-28H2,(H,35,36)(H,37,38). The number of benzene rings is 2. The summed E-state index contributed by atoms with van der Waals surface area (Å²) in [6.45, 7) is 1.47. The first-order valence-corrected chi connectivity index (χ1v) is 15.4. The zero-order valence-corrected chi connectivity index (χ0v) is 24.3. The monoisotopic (exact) mass is 554 g/mol. The lowest BCUT2D eigenvalue weighted by molar-refractivity contribution is -0.138. The van der Waals surface area contributed by atoms with Crippen LogP contribution in [0.3, 0.4) is 0 Å². The van der Waals surface area contributed by atoms with E-state index in [-0.39, 0.29) is 0 Å². The highest BCUT2D eigenvalue weighted by Crippen LogP contribution is 2.25. The van der Waals surface area contributed by atoms with Gasteiger partial charge in [0.2, 0.25) is 0 Å². The maximum absolute atomic E-state index is 10.5. The fourth-order valence-electron chi connectivity index (χ4n) is 4.75. The van der Waals surface area contributed by atoms with Crippen molar-refractivity contribution in [2.24, 2.45) is 0 Å². The average molecular weight is 555 g/mol. The third-order valence-corrected chi connectivity index (χ3v) is 7.15. The fourth-order valence-corrected chi connectivity index (χ4v) is 4.75. The van der Waals surface area contributed by atoms with Gasteiger partial charge in [-0.3, -0.25) is 9.59 Å². The van der Waals surface area contributed by atoms with Crippen LogP contribution in [0.1, 0.15) is 116 Å². The minimum absolute atomic E-state index is 0.295. The van der Waals surface area contributed by atoms with Crippen LogP contribution in [0.5, 0.6) is 11.5 Å². The number of rotatable bonds is 25. The molecular formula is C34H50O6. The van der Waals surface area contributed by atoms with E-state index in [2.05, 4.69) is 24.3 Å². The largest absolute Gasteiger partial charge is 0.494 e. The van der Waals surface area contributed by atoms with E-state index in [0.29, 0.717) is 12.8 Å². The van der Waals surface area contributed by atoms with Gasteiger partial charge in [0.15, 0.2) is 0 Å². The van der Waals surface area contributed by atoms with Crippen molar-refractivity contribution in [2.45, 2.75) is 116 Å². The third kappa shape index (κ3) is 16.8. The fraction of sp³-hybridized carbons (Fsp3) is 0.588. The second-order valence-corrected chi connectivity index (χ2v) is 10.7. The molecule has 0 heterocycles. The van der Waals surface area contributed by atoms with Gasteiger partial charge >= 0.3 is 11.9 Å². The van der Waals surface area contributed by atoms with Crippen molar-refractivity contribution in [3.8, 4) is 22.6 Å². The molecule has 0 saturated heterocycles. The zero-order valence-electron chi connectivity index (χ0n) is 24.3. The number of carboxylic acid groups (broad SMARTS) is 2. The predicted molar refractivity (Wildman–Crippen MR) is 161 cm³/mol. The van der Waals surface area contributed by atoms with Gasteiger partial charge in [-0.05, 0) is 61.1 Å². The molecule has 2 aromatic rings. The van der Waals surface area contributed by atoms with E-state index in [0.717, 1.165) is 87.2 Å². The Bertz CT molecular complexity index is 845. The Balaban J connectivity index is 1.49. The lowest BCUT2D eigenvalue weighted by atomic mass is 10.1. The SMILES string of the molecule is O=C(O)CCCCCCCCCCOc1ccc(-c2ccc(OCCCCCCCCCCC(=O)O)cc2)cc1. The Morgan fingerprint density at radius 3 is 1.00 bits per heavy atom. The van der Waals surface area contributed by atoms with Crippen LogP contribution in [0.15, 0.2) is 48.5 Å². The molecule has 0 aromatic heterocycles. The van der Waals surface area contributed by atoms with Crippen molar-refractivity contribution in [3.05, 3.63) is 48.5 Å². The molecule has 0 aliphatic carbocycles. The molecular weight excluding hydrogens is 504 g/mol. The molecule has 2 N–H and O–H groups in total. The van der Waals surface area contributed by atoms with Gasteiger partial charge < -0.3 is 19.7 Å². The first kappa shape index (κ1) is 33.2. The maximum atomic E-state index is 10.5. The summed E-state index contributed by atoms with van der Waals surface area (Å²) in [5.74, 6) is 0.425. The highest BCUT2D eigenvalue weighted by Gasteiger charge is 2.02. The summed E-state index contributed by atoms with van der Waals surface area (Å²) in [5, 5.41) is 17.3. The van der Waals surface area contributed by atoms with Crippen LogP contribution >= 0.6 is 0 Å². The van der Waals surface area contributed by atoms with Crippen LogP contribution in [-0.2, 0) is 9.59 Å². The van der Waals surface area contributed by atoms with Gasteiger partial charge in [0.25, 0.3) is 0 Å². The molecule has 0 aliphatic heterocycles. The number of ether oxygens (including phenoxy) is 2. The summed E-state index contributed by atoms with van der Waals surface area (Å²) in [4.78, 5) is 21.0. The van der Waals surface area contributed by atoms with Crippen molar-refractivity contribution >= 4 is 11.9 Å². The van der Waals surface area contributed by atoms with E-state index in [1.165, 1.54) is 51.4 Å². The van der Waals surface area contributed by atoms with Crippen molar-refractivity contribution < 1.29 is 29.3 Å². The minimum atomic E-state index is -0.691. The molecule has 222 valence electrons. The molecule has 2 rings (SSSR count). The van der Waals surface area contributed by atoms with Crippen molar-refractivity contribution in [2.75, 3.05) is 13.2 Å². The number of hydrogen-bond acceptors (Lipinski definition) is 4. The second-order valence-electron chi connectivity index (χ2n) is 10.7. The van der Waals surface area contributed by atoms with Crippen LogP contribution in [0, 0.1) is 0 Å². The molecule has 6 nitrogen and oxygen atoms in total. The van der Waals surface area contributed by atoms with Gasteiger partial charge in [-0.1, -0.05) is 101 Å². The highest BCUT2D eigenvalue weighted by molar-refractivity contribution is 5.67. The molecule has 0 bridgehead atoms. The molecule has 0 radical (unpaired) electrons. The van der Waals surface area contributed by atoms with E-state index >= 15 is 0 Å². The van der Waals surface area contributed by atoms with Crippen LogP contribution in [0.2, 0.25) is 0 Å². The van der Waals surface area contributed by atoms with Crippen LogP contribution in [0.25, 0.3) is 11.1 Å². The molecule has 2 aromatic carbocycles. The van der Waals surface area contributed by atoms with E-state index in [1.807, 2.05) is 24.3 Å². The number of carboxylic acids is 2. The molecule has 0 saturated carbocycles.